The molecule has 0 radical (unpaired) electrons. The van der Waals surface area contributed by atoms with Gasteiger partial charge in [-0.2, -0.15) is 13.2 Å². The van der Waals surface area contributed by atoms with Crippen molar-refractivity contribution in [2.75, 3.05) is 5.43 Å². The van der Waals surface area contributed by atoms with Gasteiger partial charge in [-0.25, -0.2) is 5.43 Å². The van der Waals surface area contributed by atoms with Crippen LogP contribution in [0.2, 0.25) is 0 Å². The predicted molar refractivity (Wildman–Crippen MR) is 126 cm³/mol. The third-order valence-corrected chi connectivity index (χ3v) is 8.22. The van der Waals surface area contributed by atoms with Crippen molar-refractivity contribution >= 4 is 16.7 Å². The molecule has 0 aliphatic heterocycles. The first kappa shape index (κ1) is 22.3. The average molecular weight is 482 g/mol. The molecular formula is C27H26F3N3O2. The molecule has 0 atom stereocenters. The van der Waals surface area contributed by atoms with Crippen molar-refractivity contribution in [3.8, 4) is 11.3 Å². The minimum absolute atomic E-state index is 0.00947. The van der Waals surface area contributed by atoms with Crippen LogP contribution in [0.5, 0.6) is 0 Å². The Bertz CT molecular complexity index is 1330. The van der Waals surface area contributed by atoms with Gasteiger partial charge in [-0.05, 0) is 79.9 Å². The summed E-state index contributed by atoms with van der Waals surface area (Å²) in [6.45, 7) is 0. The van der Waals surface area contributed by atoms with Gasteiger partial charge in [0.15, 0.2) is 0 Å². The summed E-state index contributed by atoms with van der Waals surface area (Å²) in [6.07, 6.45) is 2.98. The van der Waals surface area contributed by atoms with Crippen LogP contribution in [0.3, 0.4) is 0 Å². The molecule has 2 aromatic carbocycles. The minimum atomic E-state index is -4.45. The van der Waals surface area contributed by atoms with E-state index < -0.39 is 17.3 Å². The average Bonchev–Trinajstić information content (AvgIpc) is 2.79. The number of aromatic nitrogens is 2. The van der Waals surface area contributed by atoms with Gasteiger partial charge in [0.25, 0.3) is 5.56 Å². The Morgan fingerprint density at radius 2 is 1.51 bits per heavy atom. The summed E-state index contributed by atoms with van der Waals surface area (Å²) in [5, 5.41) is 5.25. The standard InChI is InChI=1S/C27H26F3N3O2/c28-27(29,30)20-7-5-19(6-8-20)24-21-3-1-2-4-22(21)25(35)33(32-24)31-23(34)15-26-12-16-9-17(13-26)11-18(10-16)14-26/h1-8,16-18H,9-15H2,(H,31,34). The molecule has 1 amide bonds. The van der Waals surface area contributed by atoms with Crippen LogP contribution in [-0.2, 0) is 11.0 Å². The molecule has 5 nitrogen and oxygen atoms in total. The Kier molecular flexibility index (Phi) is 5.06. The molecule has 1 aromatic heterocycles. The van der Waals surface area contributed by atoms with E-state index in [1.807, 2.05) is 0 Å². The van der Waals surface area contributed by atoms with Crippen LogP contribution in [0, 0.1) is 23.2 Å². The maximum absolute atomic E-state index is 13.2. The second kappa shape index (κ2) is 7.93. The lowest BCUT2D eigenvalue weighted by molar-refractivity contribution is -0.137. The summed E-state index contributed by atoms with van der Waals surface area (Å²) < 4.78 is 39.1. The van der Waals surface area contributed by atoms with E-state index >= 15 is 0 Å². The molecule has 4 bridgehead atoms. The molecule has 182 valence electrons. The van der Waals surface area contributed by atoms with E-state index in [1.54, 1.807) is 24.3 Å². The highest BCUT2D eigenvalue weighted by molar-refractivity contribution is 5.94. The smallest absolute Gasteiger partial charge is 0.273 e. The van der Waals surface area contributed by atoms with Crippen molar-refractivity contribution in [2.45, 2.75) is 51.1 Å². The molecule has 4 aliphatic rings. The summed E-state index contributed by atoms with van der Waals surface area (Å²) in [5.41, 5.74) is 2.25. The minimum Gasteiger partial charge on any atom is -0.273 e. The van der Waals surface area contributed by atoms with Crippen LogP contribution in [0.15, 0.2) is 53.3 Å². The van der Waals surface area contributed by atoms with Gasteiger partial charge >= 0.3 is 6.18 Å². The van der Waals surface area contributed by atoms with Crippen LogP contribution in [0.4, 0.5) is 13.2 Å². The van der Waals surface area contributed by atoms with Crippen molar-refractivity contribution in [3.63, 3.8) is 0 Å². The largest absolute Gasteiger partial charge is 0.416 e. The Balaban J connectivity index is 1.32. The topological polar surface area (TPSA) is 64.0 Å². The summed E-state index contributed by atoms with van der Waals surface area (Å²) in [7, 11) is 0. The summed E-state index contributed by atoms with van der Waals surface area (Å²) in [4.78, 5) is 27.2. The van der Waals surface area contributed by atoms with Crippen LogP contribution in [-0.4, -0.2) is 15.8 Å². The van der Waals surface area contributed by atoms with E-state index in [9.17, 15) is 22.8 Å². The summed E-state index contributed by atoms with van der Waals surface area (Å²) in [6, 6.07) is 11.5. The molecule has 3 aromatic rings. The number of carbonyl (C=O) groups excluding carboxylic acids is 1. The quantitative estimate of drug-likeness (QED) is 0.515. The molecule has 1 heterocycles. The first-order valence-electron chi connectivity index (χ1n) is 12.2. The number of alkyl halides is 3. The van der Waals surface area contributed by atoms with Crippen molar-refractivity contribution in [1.29, 1.82) is 0 Å². The van der Waals surface area contributed by atoms with Crippen molar-refractivity contribution in [1.82, 2.24) is 9.89 Å². The first-order chi connectivity index (χ1) is 16.7. The molecular weight excluding hydrogens is 455 g/mol. The molecule has 1 N–H and O–H groups in total. The van der Waals surface area contributed by atoms with E-state index in [1.165, 1.54) is 31.4 Å². The number of carbonyl (C=O) groups is 1. The molecule has 4 saturated carbocycles. The van der Waals surface area contributed by atoms with E-state index in [0.29, 0.717) is 46.2 Å². The predicted octanol–water partition coefficient (Wildman–Crippen LogP) is 5.76. The first-order valence-corrected chi connectivity index (χ1v) is 12.2. The highest BCUT2D eigenvalue weighted by Gasteiger charge is 2.51. The fourth-order valence-corrected chi connectivity index (χ4v) is 7.30. The molecule has 0 spiro atoms. The zero-order chi connectivity index (χ0) is 24.4. The van der Waals surface area contributed by atoms with Gasteiger partial charge in [0.2, 0.25) is 5.91 Å². The molecule has 4 fully saturated rings. The lowest BCUT2D eigenvalue weighted by Gasteiger charge is -2.56. The SMILES string of the molecule is O=C(CC12CC3CC(CC(C3)C1)C2)Nn1nc(-c2ccc(C(F)(F)F)cc2)c2ccccc2c1=O. The molecule has 7 rings (SSSR count). The second-order valence-electron chi connectivity index (χ2n) is 10.8. The summed E-state index contributed by atoms with van der Waals surface area (Å²) >= 11 is 0. The number of hydrogen-bond acceptors (Lipinski definition) is 3. The Labute approximate surface area is 200 Å². The van der Waals surface area contributed by atoms with E-state index in [2.05, 4.69) is 10.5 Å². The van der Waals surface area contributed by atoms with Crippen molar-refractivity contribution in [2.24, 2.45) is 23.2 Å². The highest BCUT2D eigenvalue weighted by Crippen LogP contribution is 2.61. The summed E-state index contributed by atoms with van der Waals surface area (Å²) in [5.74, 6) is 1.89. The number of amides is 1. The third kappa shape index (κ3) is 4.02. The number of halogens is 3. The number of nitrogens with zero attached hydrogens (tertiary/aromatic N) is 2. The van der Waals surface area contributed by atoms with Gasteiger partial charge in [-0.15, -0.1) is 9.89 Å². The lowest BCUT2D eigenvalue weighted by Crippen LogP contribution is -2.48. The van der Waals surface area contributed by atoms with Crippen molar-refractivity contribution < 1.29 is 18.0 Å². The van der Waals surface area contributed by atoms with Gasteiger partial charge in [0, 0.05) is 17.4 Å². The lowest BCUT2D eigenvalue weighted by atomic mass is 9.49. The molecule has 8 heteroatoms. The maximum atomic E-state index is 13.2. The fraction of sp³-hybridized carbons (Fsp3) is 0.444. The van der Waals surface area contributed by atoms with Crippen LogP contribution in [0.1, 0.15) is 50.5 Å². The van der Waals surface area contributed by atoms with E-state index in [0.717, 1.165) is 36.2 Å². The fourth-order valence-electron chi connectivity index (χ4n) is 7.30. The zero-order valence-corrected chi connectivity index (χ0v) is 19.1. The normalized spacial score (nSPS) is 27.3. The Morgan fingerprint density at radius 1 is 0.943 bits per heavy atom. The van der Waals surface area contributed by atoms with Gasteiger partial charge in [-0.1, -0.05) is 30.3 Å². The van der Waals surface area contributed by atoms with Gasteiger partial charge in [0.05, 0.1) is 10.9 Å². The Morgan fingerprint density at radius 3 is 2.09 bits per heavy atom. The monoisotopic (exact) mass is 481 g/mol. The molecule has 4 aliphatic carbocycles. The van der Waals surface area contributed by atoms with Crippen LogP contribution < -0.4 is 11.0 Å². The number of benzene rings is 2. The zero-order valence-electron chi connectivity index (χ0n) is 19.1. The van der Waals surface area contributed by atoms with E-state index in [-0.39, 0.29) is 11.3 Å². The third-order valence-electron chi connectivity index (χ3n) is 8.22. The number of nitrogens with one attached hydrogen (secondary N) is 1. The van der Waals surface area contributed by atoms with Gasteiger partial charge in [-0.3, -0.25) is 9.59 Å². The second-order valence-corrected chi connectivity index (χ2v) is 10.8. The number of rotatable bonds is 4. The maximum Gasteiger partial charge on any atom is 0.416 e. The van der Waals surface area contributed by atoms with Gasteiger partial charge < -0.3 is 0 Å². The molecule has 0 unspecified atom stereocenters. The van der Waals surface area contributed by atoms with Crippen LogP contribution >= 0.6 is 0 Å². The van der Waals surface area contributed by atoms with E-state index in [4.69, 9.17) is 0 Å². The number of fused-ring (bicyclic) bond motifs is 1. The molecule has 35 heavy (non-hydrogen) atoms. The number of hydrogen-bond donors (Lipinski definition) is 1. The Hall–Kier alpha value is -3.16. The highest BCUT2D eigenvalue weighted by atomic mass is 19.4. The van der Waals surface area contributed by atoms with Crippen LogP contribution in [0.25, 0.3) is 22.0 Å². The van der Waals surface area contributed by atoms with Gasteiger partial charge in [0.1, 0.15) is 5.69 Å². The molecule has 0 saturated heterocycles. The van der Waals surface area contributed by atoms with Crippen molar-refractivity contribution in [3.05, 3.63) is 64.4 Å².